The second-order valence-corrected chi connectivity index (χ2v) is 8.09. The van der Waals surface area contributed by atoms with Gasteiger partial charge in [-0.3, -0.25) is 9.36 Å². The minimum absolute atomic E-state index is 0.112. The van der Waals surface area contributed by atoms with Crippen molar-refractivity contribution in [3.05, 3.63) is 112 Å². The van der Waals surface area contributed by atoms with E-state index in [1.165, 1.54) is 30.6 Å². The average molecular weight is 429 g/mol. The first-order valence-electron chi connectivity index (χ1n) is 10.5. The lowest BCUT2D eigenvalue weighted by Crippen LogP contribution is -2.24. The summed E-state index contributed by atoms with van der Waals surface area (Å²) < 4.78 is 30.9. The Hall–Kier alpha value is -3.80. The molecule has 0 saturated heterocycles. The molecule has 0 aliphatic rings. The Balaban J connectivity index is 1.66. The molecule has 0 saturated carbocycles. The largest absolute Gasteiger partial charge is 0.330 e. The Morgan fingerprint density at radius 1 is 0.938 bits per heavy atom. The van der Waals surface area contributed by atoms with Crippen LogP contribution in [0.25, 0.3) is 21.9 Å². The predicted molar refractivity (Wildman–Crippen MR) is 122 cm³/mol. The van der Waals surface area contributed by atoms with Gasteiger partial charge in [0, 0.05) is 18.5 Å². The summed E-state index contributed by atoms with van der Waals surface area (Å²) in [5.74, 6) is -0.598. The molecule has 160 valence electrons. The maximum absolute atomic E-state index is 14.0. The quantitative estimate of drug-likeness (QED) is 0.371. The van der Waals surface area contributed by atoms with Gasteiger partial charge in [-0.2, -0.15) is 0 Å². The van der Waals surface area contributed by atoms with E-state index in [4.69, 9.17) is 0 Å². The lowest BCUT2D eigenvalue weighted by Gasteiger charge is -2.14. The summed E-state index contributed by atoms with van der Waals surface area (Å²) in [5, 5.41) is 0.586. The molecule has 3 aromatic carbocycles. The molecule has 0 bridgehead atoms. The van der Waals surface area contributed by atoms with Crippen LogP contribution in [0.4, 0.5) is 8.78 Å². The zero-order valence-electron chi connectivity index (χ0n) is 17.5. The fourth-order valence-corrected chi connectivity index (χ4v) is 4.22. The van der Waals surface area contributed by atoms with E-state index in [0.29, 0.717) is 35.0 Å². The minimum Gasteiger partial charge on any atom is -0.330 e. The summed E-state index contributed by atoms with van der Waals surface area (Å²) in [7, 11) is 0. The molecule has 0 radical (unpaired) electrons. The highest BCUT2D eigenvalue weighted by Crippen LogP contribution is 2.27. The molecule has 2 aromatic heterocycles. The van der Waals surface area contributed by atoms with Crippen molar-refractivity contribution in [2.75, 3.05) is 0 Å². The average Bonchev–Trinajstić information content (AvgIpc) is 3.11. The summed E-state index contributed by atoms with van der Waals surface area (Å²) in [6.07, 6.45) is 1.54. The highest BCUT2D eigenvalue weighted by atomic mass is 19.1. The number of nitrogens with zero attached hydrogens (tertiary/aromatic N) is 3. The van der Waals surface area contributed by atoms with Crippen LogP contribution in [0, 0.1) is 11.6 Å². The van der Waals surface area contributed by atoms with Gasteiger partial charge < -0.3 is 4.57 Å². The Labute approximate surface area is 183 Å². The third-order valence-corrected chi connectivity index (χ3v) is 5.88. The number of fused-ring (bicyclic) bond motifs is 3. The molecule has 0 fully saturated rings. The molecule has 5 rings (SSSR count). The van der Waals surface area contributed by atoms with Crippen LogP contribution in [0.15, 0.2) is 83.9 Å². The van der Waals surface area contributed by atoms with Gasteiger partial charge in [0.05, 0.1) is 11.8 Å². The molecule has 0 aliphatic heterocycles. The van der Waals surface area contributed by atoms with Crippen molar-refractivity contribution < 1.29 is 8.78 Å². The highest BCUT2D eigenvalue weighted by molar-refractivity contribution is 6.05. The van der Waals surface area contributed by atoms with E-state index < -0.39 is 0 Å². The molecule has 32 heavy (non-hydrogen) atoms. The molecular formula is C26H21F2N3O. The molecule has 0 spiro atoms. The van der Waals surface area contributed by atoms with Crippen LogP contribution in [0.5, 0.6) is 0 Å². The van der Waals surface area contributed by atoms with E-state index in [0.717, 1.165) is 11.1 Å². The van der Waals surface area contributed by atoms with Crippen molar-refractivity contribution in [3.8, 4) is 0 Å². The topological polar surface area (TPSA) is 39.8 Å². The highest BCUT2D eigenvalue weighted by Gasteiger charge is 2.18. The van der Waals surface area contributed by atoms with Crippen LogP contribution in [0.3, 0.4) is 0 Å². The van der Waals surface area contributed by atoms with Crippen LogP contribution in [0.1, 0.15) is 24.0 Å². The van der Waals surface area contributed by atoms with Gasteiger partial charge in [0.25, 0.3) is 5.56 Å². The third-order valence-electron chi connectivity index (χ3n) is 5.88. The number of aromatic nitrogens is 3. The molecule has 6 heteroatoms. The van der Waals surface area contributed by atoms with Crippen molar-refractivity contribution in [3.63, 3.8) is 0 Å². The molecule has 5 aromatic rings. The summed E-state index contributed by atoms with van der Waals surface area (Å²) in [5.41, 5.74) is 3.38. The molecule has 1 atom stereocenters. The Morgan fingerprint density at radius 2 is 1.66 bits per heavy atom. The fraction of sp³-hybridized carbons (Fsp3) is 0.154. The molecule has 4 nitrogen and oxygen atoms in total. The minimum atomic E-state index is -0.387. The van der Waals surface area contributed by atoms with E-state index in [2.05, 4.69) is 11.9 Å². The summed E-state index contributed by atoms with van der Waals surface area (Å²) in [6, 6.07) is 20.6. The van der Waals surface area contributed by atoms with Gasteiger partial charge in [-0.05, 0) is 47.4 Å². The molecule has 0 N–H and O–H groups in total. The lowest BCUT2D eigenvalue weighted by molar-refractivity contribution is 0.575. The second kappa shape index (κ2) is 8.04. The second-order valence-electron chi connectivity index (χ2n) is 8.09. The lowest BCUT2D eigenvalue weighted by atomic mass is 10.0. The van der Waals surface area contributed by atoms with Gasteiger partial charge in [-0.25, -0.2) is 13.8 Å². The zero-order chi connectivity index (χ0) is 22.2. The van der Waals surface area contributed by atoms with Crippen molar-refractivity contribution in [1.82, 2.24) is 14.1 Å². The molecule has 0 aliphatic carbocycles. The predicted octanol–water partition coefficient (Wildman–Crippen LogP) is 5.48. The van der Waals surface area contributed by atoms with Crippen molar-refractivity contribution in [1.29, 1.82) is 0 Å². The smallest absolute Gasteiger partial charge is 0.277 e. The van der Waals surface area contributed by atoms with Gasteiger partial charge >= 0.3 is 0 Å². The van der Waals surface area contributed by atoms with Gasteiger partial charge in [-0.15, -0.1) is 0 Å². The van der Waals surface area contributed by atoms with E-state index in [1.54, 1.807) is 22.8 Å². The van der Waals surface area contributed by atoms with Crippen molar-refractivity contribution >= 4 is 21.9 Å². The standard InChI is InChI=1S/C26H21F2N3O/c1-17(19-5-3-2-4-6-19)14-30-16-29-24-22-13-21(28)11-12-23(22)31(25(24)26(30)32)15-18-7-9-20(27)10-8-18/h2-13,16-17H,14-15H2,1H3. The molecule has 1 unspecified atom stereocenters. The summed E-state index contributed by atoms with van der Waals surface area (Å²) >= 11 is 0. The van der Waals surface area contributed by atoms with E-state index >= 15 is 0 Å². The first-order chi connectivity index (χ1) is 15.5. The number of halogens is 2. The van der Waals surface area contributed by atoms with E-state index in [9.17, 15) is 13.6 Å². The van der Waals surface area contributed by atoms with Crippen molar-refractivity contribution in [2.24, 2.45) is 0 Å². The van der Waals surface area contributed by atoms with Crippen LogP contribution >= 0.6 is 0 Å². The van der Waals surface area contributed by atoms with Crippen LogP contribution in [0.2, 0.25) is 0 Å². The third kappa shape index (κ3) is 3.58. The number of rotatable bonds is 5. The van der Waals surface area contributed by atoms with Gasteiger partial charge in [0.1, 0.15) is 22.7 Å². The molecular weight excluding hydrogens is 408 g/mol. The van der Waals surface area contributed by atoms with E-state index in [1.807, 2.05) is 34.9 Å². The number of hydrogen-bond donors (Lipinski definition) is 0. The first-order valence-corrected chi connectivity index (χ1v) is 10.5. The van der Waals surface area contributed by atoms with E-state index in [-0.39, 0.29) is 23.1 Å². The Morgan fingerprint density at radius 3 is 2.41 bits per heavy atom. The SMILES string of the molecule is CC(Cn1cnc2c3cc(F)ccc3n(Cc3ccc(F)cc3)c2c1=O)c1ccccc1. The van der Waals surface area contributed by atoms with Crippen LogP contribution in [-0.2, 0) is 13.1 Å². The first kappa shape index (κ1) is 20.1. The maximum Gasteiger partial charge on any atom is 0.277 e. The van der Waals surface area contributed by atoms with Gasteiger partial charge in [0.2, 0.25) is 0 Å². The molecule has 2 heterocycles. The van der Waals surface area contributed by atoms with Crippen LogP contribution < -0.4 is 5.56 Å². The van der Waals surface area contributed by atoms with Gasteiger partial charge in [-0.1, -0.05) is 49.4 Å². The van der Waals surface area contributed by atoms with Crippen LogP contribution in [-0.4, -0.2) is 14.1 Å². The maximum atomic E-state index is 14.0. The Kier molecular flexibility index (Phi) is 5.05. The molecule has 0 amide bonds. The summed E-state index contributed by atoms with van der Waals surface area (Å²) in [4.78, 5) is 18.1. The summed E-state index contributed by atoms with van der Waals surface area (Å²) in [6.45, 7) is 2.88. The number of hydrogen-bond acceptors (Lipinski definition) is 2. The normalized spacial score (nSPS) is 12.5. The number of benzene rings is 3. The van der Waals surface area contributed by atoms with Crippen molar-refractivity contribution in [2.45, 2.75) is 25.9 Å². The fourth-order valence-electron chi connectivity index (χ4n) is 4.22. The van der Waals surface area contributed by atoms with Gasteiger partial charge in [0.15, 0.2) is 0 Å². The zero-order valence-corrected chi connectivity index (χ0v) is 17.5. The Bertz CT molecular complexity index is 1470. The monoisotopic (exact) mass is 429 g/mol.